The highest BCUT2D eigenvalue weighted by atomic mass is 35.5. The Morgan fingerprint density at radius 1 is 1.05 bits per heavy atom. The first-order valence-electron chi connectivity index (χ1n) is 5.67. The second-order valence-corrected chi connectivity index (χ2v) is 4.30. The first-order chi connectivity index (χ1) is 9.21. The van der Waals surface area contributed by atoms with E-state index >= 15 is 0 Å². The lowest BCUT2D eigenvalue weighted by Crippen LogP contribution is -1.94. The third-order valence-electron chi connectivity index (χ3n) is 2.84. The summed E-state index contributed by atoms with van der Waals surface area (Å²) in [5.74, 6) is 1.36. The largest absolute Gasteiger partial charge is 0.496 e. The number of hydrogen-bond acceptors (Lipinski definition) is 3. The standard InChI is InChI=1S/C15H13ClO3/c1-18-13-4-3-5-14(19-2)15(13)10-6-7-12(16)11(8-10)9-17/h3-9H,1-2H3. The summed E-state index contributed by atoms with van der Waals surface area (Å²) >= 11 is 5.94. The summed E-state index contributed by atoms with van der Waals surface area (Å²) in [6, 6.07) is 10.8. The number of aldehydes is 1. The average molecular weight is 277 g/mol. The molecule has 0 aliphatic heterocycles. The molecule has 19 heavy (non-hydrogen) atoms. The molecule has 0 atom stereocenters. The maximum Gasteiger partial charge on any atom is 0.151 e. The summed E-state index contributed by atoms with van der Waals surface area (Å²) in [5.41, 5.74) is 2.06. The van der Waals surface area contributed by atoms with Gasteiger partial charge >= 0.3 is 0 Å². The van der Waals surface area contributed by atoms with Crippen LogP contribution in [0.2, 0.25) is 5.02 Å². The van der Waals surface area contributed by atoms with Gasteiger partial charge in [-0.3, -0.25) is 4.79 Å². The van der Waals surface area contributed by atoms with E-state index in [0.717, 1.165) is 17.4 Å². The van der Waals surface area contributed by atoms with E-state index in [1.165, 1.54) is 0 Å². The minimum absolute atomic E-state index is 0.424. The minimum atomic E-state index is 0.424. The number of ether oxygens (including phenoxy) is 2. The first-order valence-corrected chi connectivity index (χ1v) is 6.05. The van der Waals surface area contributed by atoms with Crippen LogP contribution in [0.15, 0.2) is 36.4 Å². The zero-order valence-electron chi connectivity index (χ0n) is 10.6. The number of rotatable bonds is 4. The number of benzene rings is 2. The van der Waals surface area contributed by atoms with Crippen LogP contribution < -0.4 is 9.47 Å². The summed E-state index contributed by atoms with van der Waals surface area (Å²) in [4.78, 5) is 11.0. The van der Waals surface area contributed by atoms with Crippen LogP contribution in [0, 0.1) is 0 Å². The topological polar surface area (TPSA) is 35.5 Å². The fourth-order valence-corrected chi connectivity index (χ4v) is 2.09. The summed E-state index contributed by atoms with van der Waals surface area (Å²) in [7, 11) is 3.18. The minimum Gasteiger partial charge on any atom is -0.496 e. The Balaban J connectivity index is 2.66. The second-order valence-electron chi connectivity index (χ2n) is 3.89. The molecule has 0 unspecified atom stereocenters. The van der Waals surface area contributed by atoms with Crippen LogP contribution in [0.5, 0.6) is 11.5 Å². The molecule has 3 nitrogen and oxygen atoms in total. The molecule has 0 fully saturated rings. The molecule has 2 aromatic rings. The van der Waals surface area contributed by atoms with E-state index in [1.807, 2.05) is 24.3 Å². The zero-order valence-corrected chi connectivity index (χ0v) is 11.4. The maximum atomic E-state index is 11.0. The van der Waals surface area contributed by atoms with Crippen molar-refractivity contribution in [2.75, 3.05) is 14.2 Å². The van der Waals surface area contributed by atoms with Gasteiger partial charge in [-0.1, -0.05) is 23.7 Å². The van der Waals surface area contributed by atoms with Crippen LogP contribution >= 0.6 is 11.6 Å². The number of methoxy groups -OCH3 is 2. The monoisotopic (exact) mass is 276 g/mol. The van der Waals surface area contributed by atoms with Crippen LogP contribution in [0.3, 0.4) is 0 Å². The third-order valence-corrected chi connectivity index (χ3v) is 3.18. The highest BCUT2D eigenvalue weighted by Crippen LogP contribution is 2.39. The average Bonchev–Trinajstić information content (AvgIpc) is 2.47. The van der Waals surface area contributed by atoms with Gasteiger partial charge in [0.1, 0.15) is 11.5 Å². The van der Waals surface area contributed by atoms with E-state index in [9.17, 15) is 4.79 Å². The van der Waals surface area contributed by atoms with Gasteiger partial charge in [0.25, 0.3) is 0 Å². The fraction of sp³-hybridized carbons (Fsp3) is 0.133. The van der Waals surface area contributed by atoms with Gasteiger partial charge in [0.2, 0.25) is 0 Å². The smallest absolute Gasteiger partial charge is 0.151 e. The van der Waals surface area contributed by atoms with Crippen molar-refractivity contribution in [1.82, 2.24) is 0 Å². The Morgan fingerprint density at radius 2 is 1.68 bits per heavy atom. The molecule has 0 radical (unpaired) electrons. The van der Waals surface area contributed by atoms with Crippen molar-refractivity contribution < 1.29 is 14.3 Å². The zero-order chi connectivity index (χ0) is 13.8. The Hall–Kier alpha value is -2.00. The summed E-state index contributed by atoms with van der Waals surface area (Å²) in [5, 5.41) is 0.424. The summed E-state index contributed by atoms with van der Waals surface area (Å²) in [6.07, 6.45) is 0.730. The number of carbonyl (C=O) groups excluding carboxylic acids is 1. The lowest BCUT2D eigenvalue weighted by molar-refractivity contribution is 0.112. The molecular formula is C15H13ClO3. The maximum absolute atomic E-state index is 11.0. The summed E-state index contributed by atoms with van der Waals surface area (Å²) < 4.78 is 10.7. The third kappa shape index (κ3) is 2.56. The molecule has 0 saturated carbocycles. The number of hydrogen-bond donors (Lipinski definition) is 0. The van der Waals surface area contributed by atoms with Crippen molar-refractivity contribution in [3.8, 4) is 22.6 Å². The molecule has 4 heteroatoms. The molecule has 0 aliphatic carbocycles. The predicted molar refractivity (Wildman–Crippen MR) is 75.4 cm³/mol. The molecule has 0 bridgehead atoms. The van der Waals surface area contributed by atoms with Gasteiger partial charge in [-0.15, -0.1) is 0 Å². The Labute approximate surface area is 116 Å². The first kappa shape index (κ1) is 13.4. The van der Waals surface area contributed by atoms with E-state index < -0.39 is 0 Å². The van der Waals surface area contributed by atoms with Crippen molar-refractivity contribution in [3.05, 3.63) is 47.0 Å². The Morgan fingerprint density at radius 3 is 2.21 bits per heavy atom. The molecular weight excluding hydrogens is 264 g/mol. The van der Waals surface area contributed by atoms with E-state index in [2.05, 4.69) is 0 Å². The van der Waals surface area contributed by atoms with Crippen LogP contribution in [0.25, 0.3) is 11.1 Å². The quantitative estimate of drug-likeness (QED) is 0.796. The molecule has 0 aliphatic rings. The molecule has 0 saturated heterocycles. The second kappa shape index (κ2) is 5.76. The van der Waals surface area contributed by atoms with Gasteiger partial charge < -0.3 is 9.47 Å². The van der Waals surface area contributed by atoms with Crippen LogP contribution in [0.1, 0.15) is 10.4 Å². The molecule has 0 heterocycles. The molecule has 0 spiro atoms. The van der Waals surface area contributed by atoms with Crippen molar-refractivity contribution in [2.45, 2.75) is 0 Å². The lowest BCUT2D eigenvalue weighted by atomic mass is 10.0. The molecule has 0 N–H and O–H groups in total. The van der Waals surface area contributed by atoms with Crippen molar-refractivity contribution in [2.24, 2.45) is 0 Å². The highest BCUT2D eigenvalue weighted by molar-refractivity contribution is 6.33. The Bertz CT molecular complexity index is 586. The lowest BCUT2D eigenvalue weighted by Gasteiger charge is -2.13. The molecule has 98 valence electrons. The van der Waals surface area contributed by atoms with Gasteiger partial charge in [-0.05, 0) is 29.8 Å². The van der Waals surface area contributed by atoms with Crippen molar-refractivity contribution in [1.29, 1.82) is 0 Å². The summed E-state index contributed by atoms with van der Waals surface area (Å²) in [6.45, 7) is 0. The van der Waals surface area contributed by atoms with Crippen molar-refractivity contribution in [3.63, 3.8) is 0 Å². The number of halogens is 1. The predicted octanol–water partition coefficient (Wildman–Crippen LogP) is 3.84. The van der Waals surface area contributed by atoms with Crippen LogP contribution in [-0.2, 0) is 0 Å². The highest BCUT2D eigenvalue weighted by Gasteiger charge is 2.13. The van der Waals surface area contributed by atoms with Crippen LogP contribution in [0.4, 0.5) is 0 Å². The molecule has 2 rings (SSSR count). The van der Waals surface area contributed by atoms with Crippen LogP contribution in [-0.4, -0.2) is 20.5 Å². The Kier molecular flexibility index (Phi) is 4.07. The van der Waals surface area contributed by atoms with Crippen molar-refractivity contribution >= 4 is 17.9 Å². The van der Waals surface area contributed by atoms with Gasteiger partial charge in [0, 0.05) is 5.56 Å². The van der Waals surface area contributed by atoms with Gasteiger partial charge in [-0.25, -0.2) is 0 Å². The van der Waals surface area contributed by atoms with E-state index in [0.29, 0.717) is 22.1 Å². The molecule has 0 amide bonds. The van der Waals surface area contributed by atoms with Gasteiger partial charge in [-0.2, -0.15) is 0 Å². The molecule has 2 aromatic carbocycles. The molecule has 0 aromatic heterocycles. The van der Waals surface area contributed by atoms with E-state index in [1.54, 1.807) is 26.4 Å². The van der Waals surface area contributed by atoms with Gasteiger partial charge in [0.15, 0.2) is 6.29 Å². The van der Waals surface area contributed by atoms with E-state index in [-0.39, 0.29) is 0 Å². The fourth-order valence-electron chi connectivity index (χ4n) is 1.93. The number of carbonyl (C=O) groups is 1. The normalized spacial score (nSPS) is 10.1. The SMILES string of the molecule is COc1cccc(OC)c1-c1ccc(Cl)c(C=O)c1. The van der Waals surface area contributed by atoms with Gasteiger partial charge in [0.05, 0.1) is 24.8 Å². The van der Waals surface area contributed by atoms with E-state index in [4.69, 9.17) is 21.1 Å².